The number of nitrogens with zero attached hydrogens (tertiary/aromatic N) is 2. The molecule has 102 valence electrons. The van der Waals surface area contributed by atoms with Gasteiger partial charge in [-0.2, -0.15) is 8.78 Å². The molecule has 1 rings (SSSR count). The average molecular weight is 263 g/mol. The fourth-order valence-electron chi connectivity index (χ4n) is 1.54. The lowest BCUT2D eigenvalue weighted by atomic mass is 10.1. The van der Waals surface area contributed by atoms with Crippen molar-refractivity contribution in [3.8, 4) is 5.75 Å². The molecule has 1 atom stereocenters. The van der Waals surface area contributed by atoms with E-state index in [2.05, 4.69) is 15.0 Å². The summed E-state index contributed by atoms with van der Waals surface area (Å²) in [6.07, 6.45) is 1.47. The Morgan fingerprint density at radius 1 is 1.50 bits per heavy atom. The molecule has 0 spiro atoms. The van der Waals surface area contributed by atoms with Crippen molar-refractivity contribution in [1.29, 1.82) is 0 Å². The van der Waals surface area contributed by atoms with Gasteiger partial charge in [0.2, 0.25) is 0 Å². The van der Waals surface area contributed by atoms with Gasteiger partial charge in [-0.05, 0) is 20.0 Å². The molecule has 0 radical (unpaired) electrons. The number of rotatable bonds is 4. The smallest absolute Gasteiger partial charge is 0.387 e. The lowest BCUT2D eigenvalue weighted by molar-refractivity contribution is -0.0515. The van der Waals surface area contributed by atoms with E-state index < -0.39 is 12.4 Å². The topological polar surface area (TPSA) is 38.5 Å². The summed E-state index contributed by atoms with van der Waals surface area (Å²) in [5.41, 5.74) is 0.390. The fraction of sp³-hybridized carbons (Fsp3) is 0.545. The first-order valence-electron chi connectivity index (χ1n) is 5.28. The molecule has 0 amide bonds. The summed E-state index contributed by atoms with van der Waals surface area (Å²) in [5.74, 6) is -2.00. The Labute approximate surface area is 103 Å². The molecule has 0 aliphatic heterocycles. The molecule has 1 aromatic rings. The van der Waals surface area contributed by atoms with Crippen LogP contribution < -0.4 is 15.5 Å². The van der Waals surface area contributed by atoms with Crippen molar-refractivity contribution in [3.05, 3.63) is 23.3 Å². The summed E-state index contributed by atoms with van der Waals surface area (Å²) in [4.78, 5) is 3.83. The summed E-state index contributed by atoms with van der Waals surface area (Å²) in [6.45, 7) is -1.70. The number of hydrogen-bond donors (Lipinski definition) is 1. The van der Waals surface area contributed by atoms with Crippen LogP contribution in [0, 0.1) is 0 Å². The summed E-state index contributed by atoms with van der Waals surface area (Å²) in [5, 5.41) is 2.45. The van der Waals surface area contributed by atoms with Gasteiger partial charge in [0.15, 0.2) is 17.0 Å². The van der Waals surface area contributed by atoms with Crippen LogP contribution in [0.2, 0.25) is 0 Å². The van der Waals surface area contributed by atoms with Crippen LogP contribution in [-0.2, 0) is 12.8 Å². The standard InChI is InChI=1S/C11H16F3N3O/c1-11(14,16-3)7-5-8(18-10(12)13)9(15-2)17(4)6-7/h5-6,10,16H,1-4H3. The van der Waals surface area contributed by atoms with Gasteiger partial charge in [0.05, 0.1) is 0 Å². The molecule has 4 nitrogen and oxygen atoms in total. The Morgan fingerprint density at radius 3 is 2.56 bits per heavy atom. The molecule has 1 unspecified atom stereocenters. The highest BCUT2D eigenvalue weighted by Crippen LogP contribution is 2.23. The maximum absolute atomic E-state index is 14.1. The molecule has 1 heterocycles. The molecule has 0 saturated heterocycles. The maximum Gasteiger partial charge on any atom is 0.387 e. The predicted octanol–water partition coefficient (Wildman–Crippen LogP) is 1.52. The molecular formula is C11H16F3N3O. The summed E-state index contributed by atoms with van der Waals surface area (Å²) in [6, 6.07) is 1.21. The van der Waals surface area contributed by atoms with Gasteiger partial charge in [-0.1, -0.05) is 0 Å². The van der Waals surface area contributed by atoms with Crippen molar-refractivity contribution >= 4 is 0 Å². The second-order valence-corrected chi connectivity index (χ2v) is 3.88. The van der Waals surface area contributed by atoms with Crippen LogP contribution in [0.4, 0.5) is 13.2 Å². The van der Waals surface area contributed by atoms with Gasteiger partial charge in [0.1, 0.15) is 0 Å². The van der Waals surface area contributed by atoms with E-state index in [1.165, 1.54) is 37.8 Å². The van der Waals surface area contributed by atoms with E-state index in [0.717, 1.165) is 0 Å². The van der Waals surface area contributed by atoms with E-state index in [4.69, 9.17) is 0 Å². The number of aromatic nitrogens is 1. The second-order valence-electron chi connectivity index (χ2n) is 3.88. The van der Waals surface area contributed by atoms with Crippen molar-refractivity contribution in [2.75, 3.05) is 14.1 Å². The van der Waals surface area contributed by atoms with Gasteiger partial charge >= 0.3 is 6.61 Å². The number of aryl methyl sites for hydroxylation is 1. The van der Waals surface area contributed by atoms with Crippen LogP contribution in [0.3, 0.4) is 0 Å². The lowest BCUT2D eigenvalue weighted by Crippen LogP contribution is -2.34. The Hall–Kier alpha value is -1.50. The van der Waals surface area contributed by atoms with Crippen molar-refractivity contribution in [3.63, 3.8) is 0 Å². The van der Waals surface area contributed by atoms with Crippen molar-refractivity contribution in [1.82, 2.24) is 9.88 Å². The van der Waals surface area contributed by atoms with Crippen LogP contribution in [0.25, 0.3) is 0 Å². The van der Waals surface area contributed by atoms with Gasteiger partial charge < -0.3 is 9.30 Å². The van der Waals surface area contributed by atoms with E-state index in [9.17, 15) is 13.2 Å². The van der Waals surface area contributed by atoms with Crippen LogP contribution in [0.15, 0.2) is 17.3 Å². The Balaban J connectivity index is 3.40. The van der Waals surface area contributed by atoms with E-state index in [0.29, 0.717) is 0 Å². The number of halogens is 3. The highest BCUT2D eigenvalue weighted by molar-refractivity contribution is 5.28. The van der Waals surface area contributed by atoms with Gasteiger partial charge in [0, 0.05) is 25.9 Å². The van der Waals surface area contributed by atoms with Gasteiger partial charge in [-0.3, -0.25) is 10.3 Å². The molecule has 0 aliphatic carbocycles. The van der Waals surface area contributed by atoms with Gasteiger partial charge in [-0.25, -0.2) is 4.39 Å². The van der Waals surface area contributed by atoms with E-state index in [-0.39, 0.29) is 16.8 Å². The predicted molar refractivity (Wildman–Crippen MR) is 61.1 cm³/mol. The minimum atomic E-state index is -2.98. The summed E-state index contributed by atoms with van der Waals surface area (Å²) < 4.78 is 44.5. The number of alkyl halides is 3. The van der Waals surface area contributed by atoms with Crippen LogP contribution in [0.1, 0.15) is 12.5 Å². The number of ether oxygens (including phenoxy) is 1. The Morgan fingerprint density at radius 2 is 2.11 bits per heavy atom. The molecule has 7 heteroatoms. The van der Waals surface area contributed by atoms with Crippen molar-refractivity contribution in [2.45, 2.75) is 19.3 Å². The molecule has 1 aromatic heterocycles. The third kappa shape index (κ3) is 3.04. The molecule has 0 saturated carbocycles. The van der Waals surface area contributed by atoms with Gasteiger partial charge in [0.25, 0.3) is 0 Å². The van der Waals surface area contributed by atoms with E-state index >= 15 is 0 Å². The zero-order valence-corrected chi connectivity index (χ0v) is 10.7. The van der Waals surface area contributed by atoms with E-state index in [1.807, 2.05) is 0 Å². The minimum Gasteiger partial charge on any atom is -0.431 e. The fourth-order valence-corrected chi connectivity index (χ4v) is 1.54. The molecule has 0 bridgehead atoms. The normalized spacial score (nSPS) is 15.9. The third-order valence-electron chi connectivity index (χ3n) is 2.61. The molecule has 0 aromatic carbocycles. The lowest BCUT2D eigenvalue weighted by Gasteiger charge is -2.21. The second kappa shape index (κ2) is 5.43. The first kappa shape index (κ1) is 14.6. The summed E-state index contributed by atoms with van der Waals surface area (Å²) in [7, 11) is 4.46. The highest BCUT2D eigenvalue weighted by Gasteiger charge is 2.25. The Bertz CT molecular complexity index is 483. The van der Waals surface area contributed by atoms with Crippen molar-refractivity contribution in [2.24, 2.45) is 12.0 Å². The SMILES string of the molecule is CN=c1c(OC(F)F)cc(C(C)(F)NC)cn1C. The van der Waals surface area contributed by atoms with Crippen molar-refractivity contribution < 1.29 is 17.9 Å². The zero-order valence-electron chi connectivity index (χ0n) is 10.7. The molecule has 18 heavy (non-hydrogen) atoms. The summed E-state index contributed by atoms with van der Waals surface area (Å²) >= 11 is 0. The largest absolute Gasteiger partial charge is 0.431 e. The minimum absolute atomic E-state index is 0.161. The molecule has 0 fully saturated rings. The molecule has 0 aliphatic rings. The maximum atomic E-state index is 14.1. The number of nitrogens with one attached hydrogen (secondary N) is 1. The first-order valence-corrected chi connectivity index (χ1v) is 5.28. The molecular weight excluding hydrogens is 247 g/mol. The highest BCUT2D eigenvalue weighted by atomic mass is 19.3. The zero-order chi connectivity index (χ0) is 13.9. The van der Waals surface area contributed by atoms with Gasteiger partial charge in [-0.15, -0.1) is 0 Å². The molecule has 1 N–H and O–H groups in total. The third-order valence-corrected chi connectivity index (χ3v) is 2.61. The first-order chi connectivity index (χ1) is 8.31. The van der Waals surface area contributed by atoms with Crippen LogP contribution in [-0.4, -0.2) is 25.3 Å². The number of hydrogen-bond acceptors (Lipinski definition) is 3. The average Bonchev–Trinajstić information content (AvgIpc) is 2.27. The quantitative estimate of drug-likeness (QED) is 0.836. The number of pyridine rings is 1. The van der Waals surface area contributed by atoms with E-state index in [1.54, 1.807) is 7.05 Å². The van der Waals surface area contributed by atoms with Crippen LogP contribution >= 0.6 is 0 Å². The van der Waals surface area contributed by atoms with Crippen LogP contribution in [0.5, 0.6) is 5.75 Å². The monoisotopic (exact) mass is 263 g/mol. The Kier molecular flexibility index (Phi) is 4.39.